The fourth-order valence-electron chi connectivity index (χ4n) is 2.89. The molecule has 3 rings (SSSR count). The second kappa shape index (κ2) is 7.98. The first-order valence-electron chi connectivity index (χ1n) is 8.47. The van der Waals surface area contributed by atoms with E-state index in [2.05, 4.69) is 27.1 Å². The van der Waals surface area contributed by atoms with Crippen LogP contribution in [0.1, 0.15) is 16.1 Å². The van der Waals surface area contributed by atoms with Gasteiger partial charge in [0.25, 0.3) is 5.91 Å². The predicted octanol–water partition coefficient (Wildman–Crippen LogP) is 1.77. The summed E-state index contributed by atoms with van der Waals surface area (Å²) in [5, 5.41) is 2.89. The third-order valence-electron chi connectivity index (χ3n) is 4.48. The molecular weight excluding hydrogens is 316 g/mol. The summed E-state index contributed by atoms with van der Waals surface area (Å²) in [6.07, 6.45) is 1.78. The maximum atomic E-state index is 12.3. The first-order valence-corrected chi connectivity index (χ1v) is 8.47. The van der Waals surface area contributed by atoms with Crippen molar-refractivity contribution in [3.05, 3.63) is 53.9 Å². The normalized spacial score (nSPS) is 15.0. The van der Waals surface area contributed by atoms with Gasteiger partial charge in [-0.1, -0.05) is 18.2 Å². The van der Waals surface area contributed by atoms with Crippen LogP contribution in [0.5, 0.6) is 5.75 Å². The lowest BCUT2D eigenvalue weighted by Crippen LogP contribution is -2.44. The number of anilines is 1. The minimum absolute atomic E-state index is 0.184. The first kappa shape index (κ1) is 17.2. The zero-order valence-electron chi connectivity index (χ0n) is 14.7. The van der Waals surface area contributed by atoms with E-state index < -0.39 is 0 Å². The Labute approximate surface area is 148 Å². The number of carbonyl (C=O) groups is 1. The van der Waals surface area contributed by atoms with E-state index in [0.29, 0.717) is 12.2 Å². The van der Waals surface area contributed by atoms with Crippen LogP contribution in [0.15, 0.2) is 42.6 Å². The van der Waals surface area contributed by atoms with Crippen molar-refractivity contribution in [2.24, 2.45) is 0 Å². The van der Waals surface area contributed by atoms with Crippen molar-refractivity contribution in [3.8, 4) is 5.75 Å². The number of hydrogen-bond donors (Lipinski definition) is 1. The van der Waals surface area contributed by atoms with Crippen molar-refractivity contribution in [2.45, 2.75) is 6.54 Å². The third kappa shape index (κ3) is 4.28. The fraction of sp³-hybridized carbons (Fsp3) is 0.368. The van der Waals surface area contributed by atoms with Crippen LogP contribution >= 0.6 is 0 Å². The molecule has 1 amide bonds. The Kier molecular flexibility index (Phi) is 5.50. The SMILES string of the molecule is COc1ccccc1CNC(=O)c1ccc(N2CCN(C)CC2)cn1. The highest BCUT2D eigenvalue weighted by Crippen LogP contribution is 2.17. The molecule has 1 aromatic carbocycles. The van der Waals surface area contributed by atoms with Crippen LogP contribution in [-0.4, -0.2) is 56.1 Å². The lowest BCUT2D eigenvalue weighted by atomic mass is 10.2. The van der Waals surface area contributed by atoms with E-state index in [9.17, 15) is 4.79 Å². The van der Waals surface area contributed by atoms with Crippen LogP contribution in [0.3, 0.4) is 0 Å². The fourth-order valence-corrected chi connectivity index (χ4v) is 2.89. The van der Waals surface area contributed by atoms with Crippen LogP contribution in [0.25, 0.3) is 0 Å². The number of rotatable bonds is 5. The Balaban J connectivity index is 1.59. The second-order valence-corrected chi connectivity index (χ2v) is 6.19. The van der Waals surface area contributed by atoms with Crippen LogP contribution in [0.4, 0.5) is 5.69 Å². The molecule has 1 aliphatic rings. The van der Waals surface area contributed by atoms with Gasteiger partial charge in [0.15, 0.2) is 0 Å². The largest absolute Gasteiger partial charge is 0.496 e. The van der Waals surface area contributed by atoms with Crippen LogP contribution < -0.4 is 15.0 Å². The Morgan fingerprint density at radius 2 is 1.92 bits per heavy atom. The molecule has 0 spiro atoms. The van der Waals surface area contributed by atoms with E-state index >= 15 is 0 Å². The summed E-state index contributed by atoms with van der Waals surface area (Å²) < 4.78 is 5.30. The number of nitrogens with zero attached hydrogens (tertiary/aromatic N) is 3. The summed E-state index contributed by atoms with van der Waals surface area (Å²) in [6, 6.07) is 11.4. The lowest BCUT2D eigenvalue weighted by molar-refractivity contribution is 0.0945. The van der Waals surface area contributed by atoms with E-state index in [4.69, 9.17) is 4.74 Å². The van der Waals surface area contributed by atoms with Crippen molar-refractivity contribution in [1.29, 1.82) is 0 Å². The second-order valence-electron chi connectivity index (χ2n) is 6.19. The number of benzene rings is 1. The minimum Gasteiger partial charge on any atom is -0.496 e. The predicted molar refractivity (Wildman–Crippen MR) is 98.1 cm³/mol. The number of pyridine rings is 1. The van der Waals surface area contributed by atoms with Crippen molar-refractivity contribution in [1.82, 2.24) is 15.2 Å². The number of likely N-dealkylation sites (N-methyl/N-ethyl adjacent to an activating group) is 1. The zero-order valence-corrected chi connectivity index (χ0v) is 14.7. The maximum Gasteiger partial charge on any atom is 0.270 e. The van der Waals surface area contributed by atoms with Crippen LogP contribution in [0, 0.1) is 0 Å². The number of methoxy groups -OCH3 is 1. The molecule has 2 heterocycles. The Morgan fingerprint density at radius 1 is 1.16 bits per heavy atom. The average Bonchev–Trinajstić information content (AvgIpc) is 2.67. The molecule has 0 aliphatic carbocycles. The molecule has 6 nitrogen and oxygen atoms in total. The number of amides is 1. The van der Waals surface area contributed by atoms with Crippen molar-refractivity contribution in [2.75, 3.05) is 45.2 Å². The number of hydrogen-bond acceptors (Lipinski definition) is 5. The molecule has 6 heteroatoms. The highest BCUT2D eigenvalue weighted by atomic mass is 16.5. The molecular formula is C19H24N4O2. The lowest BCUT2D eigenvalue weighted by Gasteiger charge is -2.33. The molecule has 0 unspecified atom stereocenters. The molecule has 0 bridgehead atoms. The van der Waals surface area contributed by atoms with Crippen LogP contribution in [0.2, 0.25) is 0 Å². The number of nitrogens with one attached hydrogen (secondary N) is 1. The number of piperazine rings is 1. The highest BCUT2D eigenvalue weighted by molar-refractivity contribution is 5.92. The quantitative estimate of drug-likeness (QED) is 0.899. The summed E-state index contributed by atoms with van der Waals surface area (Å²) in [6.45, 7) is 4.46. The summed E-state index contributed by atoms with van der Waals surface area (Å²) in [7, 11) is 3.75. The summed E-state index contributed by atoms with van der Waals surface area (Å²) >= 11 is 0. The highest BCUT2D eigenvalue weighted by Gasteiger charge is 2.15. The van der Waals surface area contributed by atoms with Gasteiger partial charge in [0.05, 0.1) is 19.0 Å². The molecule has 0 atom stereocenters. The molecule has 1 fully saturated rings. The molecule has 0 radical (unpaired) electrons. The van der Waals surface area contributed by atoms with E-state index in [-0.39, 0.29) is 5.91 Å². The number of carbonyl (C=O) groups excluding carboxylic acids is 1. The van der Waals surface area contributed by atoms with E-state index in [1.165, 1.54) is 0 Å². The minimum atomic E-state index is -0.184. The van der Waals surface area contributed by atoms with Gasteiger partial charge in [-0.2, -0.15) is 0 Å². The Morgan fingerprint density at radius 3 is 2.60 bits per heavy atom. The summed E-state index contributed by atoms with van der Waals surface area (Å²) in [5.74, 6) is 0.581. The molecule has 2 aromatic rings. The monoisotopic (exact) mass is 340 g/mol. The molecule has 0 saturated carbocycles. The zero-order chi connectivity index (χ0) is 17.6. The maximum absolute atomic E-state index is 12.3. The van der Waals surface area contributed by atoms with E-state index in [1.54, 1.807) is 19.4 Å². The first-order chi connectivity index (χ1) is 12.2. The Bertz CT molecular complexity index is 710. The molecule has 132 valence electrons. The van der Waals surface area contributed by atoms with Gasteiger partial charge in [0.2, 0.25) is 0 Å². The van der Waals surface area contributed by atoms with Gasteiger partial charge in [0, 0.05) is 38.3 Å². The topological polar surface area (TPSA) is 57.7 Å². The molecule has 1 aromatic heterocycles. The summed E-state index contributed by atoms with van der Waals surface area (Å²) in [5.41, 5.74) is 2.43. The van der Waals surface area contributed by atoms with Gasteiger partial charge in [-0.3, -0.25) is 4.79 Å². The Hall–Kier alpha value is -2.60. The van der Waals surface area contributed by atoms with E-state index in [0.717, 1.165) is 43.2 Å². The van der Waals surface area contributed by atoms with Gasteiger partial charge in [0.1, 0.15) is 11.4 Å². The van der Waals surface area contributed by atoms with Crippen molar-refractivity contribution >= 4 is 11.6 Å². The molecule has 25 heavy (non-hydrogen) atoms. The number of ether oxygens (including phenoxy) is 1. The average molecular weight is 340 g/mol. The smallest absolute Gasteiger partial charge is 0.270 e. The molecule has 1 saturated heterocycles. The van der Waals surface area contributed by atoms with Gasteiger partial charge >= 0.3 is 0 Å². The van der Waals surface area contributed by atoms with Gasteiger partial charge in [-0.25, -0.2) is 4.98 Å². The number of aromatic nitrogens is 1. The van der Waals surface area contributed by atoms with Gasteiger partial charge < -0.3 is 19.9 Å². The number of para-hydroxylation sites is 1. The molecule has 1 N–H and O–H groups in total. The van der Waals surface area contributed by atoms with Crippen molar-refractivity contribution < 1.29 is 9.53 Å². The third-order valence-corrected chi connectivity index (χ3v) is 4.48. The van der Waals surface area contributed by atoms with E-state index in [1.807, 2.05) is 30.3 Å². The van der Waals surface area contributed by atoms with Gasteiger partial charge in [-0.15, -0.1) is 0 Å². The summed E-state index contributed by atoms with van der Waals surface area (Å²) in [4.78, 5) is 21.2. The van der Waals surface area contributed by atoms with Gasteiger partial charge in [-0.05, 0) is 25.2 Å². The van der Waals surface area contributed by atoms with Crippen molar-refractivity contribution in [3.63, 3.8) is 0 Å². The van der Waals surface area contributed by atoms with Crippen LogP contribution in [-0.2, 0) is 6.54 Å². The standard InChI is InChI=1S/C19H24N4O2/c1-22-9-11-23(12-10-22)16-7-8-17(20-14-16)19(24)21-13-15-5-3-4-6-18(15)25-2/h3-8,14H,9-13H2,1-2H3,(H,21,24). The molecule has 1 aliphatic heterocycles.